The maximum Gasteiger partial charge on any atom is 0.203 e. The van der Waals surface area contributed by atoms with Gasteiger partial charge >= 0.3 is 0 Å². The number of hydrogen-bond donors (Lipinski definition) is 1. The summed E-state index contributed by atoms with van der Waals surface area (Å²) in [5.41, 5.74) is 2.61. The minimum Gasteiger partial charge on any atom is -1.00 e. The maximum absolute atomic E-state index is 8.46. The van der Waals surface area contributed by atoms with Gasteiger partial charge in [-0.05, 0) is 36.8 Å². The molecule has 0 saturated carbocycles. The number of ether oxygens (including phenoxy) is 1. The van der Waals surface area contributed by atoms with Crippen molar-refractivity contribution in [1.29, 1.82) is 5.41 Å². The van der Waals surface area contributed by atoms with Crippen LogP contribution in [0.1, 0.15) is 13.3 Å². The first-order chi connectivity index (χ1) is 11.6. The molecule has 134 valence electrons. The average Bonchev–Trinajstić information content (AvgIpc) is 2.83. The predicted octanol–water partition coefficient (Wildman–Crippen LogP) is 1.72. The highest BCUT2D eigenvalue weighted by Crippen LogP contribution is 2.27. The number of nitrogens with zero attached hydrogens (tertiary/aromatic N) is 2. The van der Waals surface area contributed by atoms with Crippen molar-refractivity contribution < 1.29 is 21.7 Å². The number of para-hydroxylation sites is 2. The smallest absolute Gasteiger partial charge is 0.203 e. The van der Waals surface area contributed by atoms with Crippen LogP contribution in [0.15, 0.2) is 42.5 Å². The molecule has 0 radical (unpaired) electrons. The highest BCUT2D eigenvalue weighted by Gasteiger charge is 2.10. The van der Waals surface area contributed by atoms with Crippen molar-refractivity contribution in [3.05, 3.63) is 58.1 Å². The van der Waals surface area contributed by atoms with E-state index < -0.39 is 0 Å². The number of benzene rings is 2. The summed E-state index contributed by atoms with van der Waals surface area (Å²) in [6.45, 7) is 3.95. The number of halogens is 3. The van der Waals surface area contributed by atoms with Gasteiger partial charge in [0.1, 0.15) is 12.4 Å². The molecule has 3 aromatic rings. The van der Waals surface area contributed by atoms with Crippen LogP contribution in [0, 0.1) is 5.41 Å². The monoisotopic (exact) mass is 442 g/mol. The molecule has 0 atom stereocenters. The van der Waals surface area contributed by atoms with Gasteiger partial charge in [0.2, 0.25) is 5.62 Å². The zero-order chi connectivity index (χ0) is 17.1. The van der Waals surface area contributed by atoms with Crippen LogP contribution in [0.3, 0.4) is 0 Å². The summed E-state index contributed by atoms with van der Waals surface area (Å²) >= 11 is 12.0. The second-order valence-corrected chi connectivity index (χ2v) is 6.38. The van der Waals surface area contributed by atoms with Crippen LogP contribution in [0.4, 0.5) is 0 Å². The van der Waals surface area contributed by atoms with E-state index in [9.17, 15) is 0 Å². The molecule has 0 fully saturated rings. The van der Waals surface area contributed by atoms with Gasteiger partial charge in [-0.2, -0.15) is 0 Å². The van der Waals surface area contributed by atoms with E-state index in [0.717, 1.165) is 24.0 Å². The molecule has 4 nitrogen and oxygen atoms in total. The van der Waals surface area contributed by atoms with Gasteiger partial charge < -0.3 is 30.9 Å². The minimum absolute atomic E-state index is 0. The molecule has 1 aromatic heterocycles. The molecule has 0 aliphatic carbocycles. The Hall–Kier alpha value is -1.43. The van der Waals surface area contributed by atoms with E-state index in [4.69, 9.17) is 33.3 Å². The van der Waals surface area contributed by atoms with Crippen molar-refractivity contribution in [3.63, 3.8) is 0 Å². The van der Waals surface area contributed by atoms with Gasteiger partial charge in [0.05, 0.1) is 22.6 Å². The number of fused-ring (bicyclic) bond motifs is 1. The fourth-order valence-electron chi connectivity index (χ4n) is 2.81. The van der Waals surface area contributed by atoms with E-state index in [-0.39, 0.29) is 17.0 Å². The van der Waals surface area contributed by atoms with Crippen molar-refractivity contribution in [2.75, 3.05) is 6.61 Å². The summed E-state index contributed by atoms with van der Waals surface area (Å²) in [6.07, 6.45) is 0.988. The summed E-state index contributed by atoms with van der Waals surface area (Å²) in [6, 6.07) is 13.3. The van der Waals surface area contributed by atoms with E-state index in [0.29, 0.717) is 34.6 Å². The molecular weight excluding hydrogens is 425 g/mol. The van der Waals surface area contributed by atoms with Crippen molar-refractivity contribution >= 4 is 34.2 Å². The van der Waals surface area contributed by atoms with Gasteiger partial charge in [-0.1, -0.05) is 42.3 Å². The van der Waals surface area contributed by atoms with E-state index in [2.05, 4.69) is 13.0 Å². The van der Waals surface area contributed by atoms with Crippen LogP contribution in [0.5, 0.6) is 5.75 Å². The van der Waals surface area contributed by atoms with Gasteiger partial charge in [0, 0.05) is 11.6 Å². The number of rotatable bonds is 6. The number of aromatic nitrogens is 2. The Kier molecular flexibility index (Phi) is 6.99. The van der Waals surface area contributed by atoms with Crippen LogP contribution in [-0.2, 0) is 13.1 Å². The topological polar surface area (TPSA) is 42.9 Å². The van der Waals surface area contributed by atoms with Crippen molar-refractivity contribution in [2.24, 2.45) is 0 Å². The van der Waals surface area contributed by atoms with E-state index in [1.165, 1.54) is 0 Å². The lowest BCUT2D eigenvalue weighted by Crippen LogP contribution is -3.00. The number of aryl methyl sites for hydroxylation is 1. The molecule has 0 aliphatic heterocycles. The Morgan fingerprint density at radius 3 is 2.24 bits per heavy atom. The van der Waals surface area contributed by atoms with Crippen LogP contribution < -0.4 is 27.3 Å². The van der Waals surface area contributed by atoms with Gasteiger partial charge in [0.25, 0.3) is 0 Å². The molecule has 1 heterocycles. The van der Waals surface area contributed by atoms with Crippen molar-refractivity contribution in [1.82, 2.24) is 9.13 Å². The first kappa shape index (κ1) is 19.9. The minimum atomic E-state index is 0. The van der Waals surface area contributed by atoms with Crippen LogP contribution in [0.25, 0.3) is 11.0 Å². The Bertz CT molecular complexity index is 920. The Labute approximate surface area is 167 Å². The Balaban J connectivity index is 0.00000225. The number of imidazole rings is 1. The molecule has 25 heavy (non-hydrogen) atoms. The third-order valence-electron chi connectivity index (χ3n) is 3.89. The predicted molar refractivity (Wildman–Crippen MR) is 98.0 cm³/mol. The third-order valence-corrected chi connectivity index (χ3v) is 4.42. The number of hydrogen-bond acceptors (Lipinski definition) is 2. The summed E-state index contributed by atoms with van der Waals surface area (Å²) in [7, 11) is 0. The van der Waals surface area contributed by atoms with E-state index in [1.54, 1.807) is 18.2 Å². The van der Waals surface area contributed by atoms with Crippen LogP contribution in [0.2, 0.25) is 10.0 Å². The molecule has 0 bridgehead atoms. The van der Waals surface area contributed by atoms with Gasteiger partial charge in [-0.25, -0.2) is 0 Å². The van der Waals surface area contributed by atoms with Gasteiger partial charge in [-0.3, -0.25) is 5.41 Å². The zero-order valence-corrected chi connectivity index (χ0v) is 16.9. The summed E-state index contributed by atoms with van der Waals surface area (Å²) in [4.78, 5) is 0. The van der Waals surface area contributed by atoms with Crippen molar-refractivity contribution in [2.45, 2.75) is 26.4 Å². The van der Waals surface area contributed by atoms with Crippen LogP contribution >= 0.6 is 23.2 Å². The highest BCUT2D eigenvalue weighted by atomic mass is 79.9. The fourth-order valence-corrected chi connectivity index (χ4v) is 3.27. The van der Waals surface area contributed by atoms with Gasteiger partial charge in [-0.15, -0.1) is 0 Å². The average molecular weight is 444 g/mol. The zero-order valence-electron chi connectivity index (χ0n) is 13.8. The lowest BCUT2D eigenvalue weighted by molar-refractivity contribution is -0.00000541. The molecule has 0 amide bonds. The summed E-state index contributed by atoms with van der Waals surface area (Å²) < 4.78 is 9.76. The first-order valence-corrected chi connectivity index (χ1v) is 8.68. The number of nitrogens with one attached hydrogen (secondary N) is 1. The molecule has 2 aromatic carbocycles. The Morgan fingerprint density at radius 1 is 1.00 bits per heavy atom. The molecule has 1 N–H and O–H groups in total. The lowest BCUT2D eigenvalue weighted by atomic mass is 10.3. The maximum atomic E-state index is 8.46. The second kappa shape index (κ2) is 8.79. The second-order valence-electron chi connectivity index (χ2n) is 5.54. The van der Waals surface area contributed by atoms with Crippen LogP contribution in [-0.4, -0.2) is 15.7 Å². The largest absolute Gasteiger partial charge is 1.00 e. The lowest BCUT2D eigenvalue weighted by Gasteiger charge is -2.09. The molecular formula is C18H19BrCl2N3O-. The quantitative estimate of drug-likeness (QED) is 0.619. The summed E-state index contributed by atoms with van der Waals surface area (Å²) in [5.74, 6) is 0.602. The molecule has 7 heteroatoms. The normalized spacial score (nSPS) is 10.7. The van der Waals surface area contributed by atoms with Crippen molar-refractivity contribution in [3.8, 4) is 5.75 Å². The summed E-state index contributed by atoms with van der Waals surface area (Å²) in [5, 5.41) is 9.53. The van der Waals surface area contributed by atoms with E-state index >= 15 is 0 Å². The molecule has 0 spiro atoms. The SMILES string of the molecule is CCCn1c(=N)n(CCOc2ccc(Cl)cc2Cl)c2ccccc21.[Br-]. The fraction of sp³-hybridized carbons (Fsp3) is 0.278. The first-order valence-electron chi connectivity index (χ1n) is 7.92. The van der Waals surface area contributed by atoms with Gasteiger partial charge in [0.15, 0.2) is 0 Å². The highest BCUT2D eigenvalue weighted by molar-refractivity contribution is 6.35. The molecule has 0 aliphatic rings. The van der Waals surface area contributed by atoms with E-state index in [1.807, 2.05) is 27.3 Å². The standard InChI is InChI=1S/C18H19Cl2N3O.BrH/c1-2-9-22-15-5-3-4-6-16(15)23(18(22)21)10-11-24-17-8-7-13(19)12-14(17)20;/h3-8,12,21H,2,9-11H2,1H3;1H/p-1. The Morgan fingerprint density at radius 2 is 1.64 bits per heavy atom. The third kappa shape index (κ3) is 4.22. The molecule has 3 rings (SSSR count). The molecule has 0 saturated heterocycles. The molecule has 0 unspecified atom stereocenters.